The molecule has 1 rings (SSSR count). The minimum Gasteiger partial charge on any atom is -0.387 e. The van der Waals surface area contributed by atoms with Gasteiger partial charge in [0, 0.05) is 18.0 Å². The zero-order chi connectivity index (χ0) is 16.1. The van der Waals surface area contributed by atoms with Crippen LogP contribution in [0.2, 0.25) is 0 Å². The number of carbonyl (C=O) groups is 1. The van der Waals surface area contributed by atoms with Crippen molar-refractivity contribution in [1.82, 2.24) is 5.32 Å². The molecule has 1 aromatic carbocycles. The van der Waals surface area contributed by atoms with Crippen molar-refractivity contribution in [2.24, 2.45) is 0 Å². The van der Waals surface area contributed by atoms with Crippen LogP contribution in [-0.4, -0.2) is 35.3 Å². The Hall–Kier alpha value is -1.41. The van der Waals surface area contributed by atoms with Crippen LogP contribution < -0.4 is 10.6 Å². The molecule has 3 N–H and O–H groups in total. The van der Waals surface area contributed by atoms with E-state index in [1.54, 1.807) is 6.92 Å². The van der Waals surface area contributed by atoms with Gasteiger partial charge in [-0.15, -0.1) is 0 Å². The molecule has 0 aliphatic heterocycles. The van der Waals surface area contributed by atoms with Gasteiger partial charge in [-0.2, -0.15) is 24.9 Å². The summed E-state index contributed by atoms with van der Waals surface area (Å²) >= 11 is 1.42. The number of hydrogen-bond acceptors (Lipinski definition) is 3. The second-order valence-electron chi connectivity index (χ2n) is 4.82. The fourth-order valence-electron chi connectivity index (χ4n) is 1.58. The molecule has 2 amide bonds. The molecule has 0 saturated carbocycles. The van der Waals surface area contributed by atoms with Crippen molar-refractivity contribution in [2.45, 2.75) is 18.7 Å². The average molecular weight is 322 g/mol. The first kappa shape index (κ1) is 17.6. The number of urea groups is 1. The Morgan fingerprint density at radius 3 is 2.62 bits per heavy atom. The lowest BCUT2D eigenvalue weighted by molar-refractivity contribution is -0.137. The molecule has 0 heterocycles. The zero-order valence-corrected chi connectivity index (χ0v) is 12.4. The molecule has 21 heavy (non-hydrogen) atoms. The minimum absolute atomic E-state index is 0.00135. The van der Waals surface area contributed by atoms with Crippen molar-refractivity contribution in [3.63, 3.8) is 0 Å². The summed E-state index contributed by atoms with van der Waals surface area (Å²) in [5.74, 6) is 0.427. The molecule has 4 nitrogen and oxygen atoms in total. The van der Waals surface area contributed by atoms with Gasteiger partial charge < -0.3 is 15.7 Å². The Labute approximate surface area is 125 Å². The lowest BCUT2D eigenvalue weighted by atomic mass is 10.1. The number of amides is 2. The van der Waals surface area contributed by atoms with E-state index >= 15 is 0 Å². The maximum absolute atomic E-state index is 12.5. The summed E-state index contributed by atoms with van der Waals surface area (Å²) in [6.07, 6.45) is -2.65. The summed E-state index contributed by atoms with van der Waals surface area (Å²) in [4.78, 5) is 11.6. The van der Waals surface area contributed by atoms with Gasteiger partial charge >= 0.3 is 12.2 Å². The predicted molar refractivity (Wildman–Crippen MR) is 77.5 cm³/mol. The molecule has 0 fully saturated rings. The normalized spacial score (nSPS) is 14.4. The second kappa shape index (κ2) is 7.04. The number of hydrogen-bond donors (Lipinski definition) is 3. The summed E-state index contributed by atoms with van der Waals surface area (Å²) in [5, 5.41) is 14.6. The van der Waals surface area contributed by atoms with Crippen LogP contribution in [0.15, 0.2) is 24.3 Å². The highest BCUT2D eigenvalue weighted by molar-refractivity contribution is 7.98. The van der Waals surface area contributed by atoms with Crippen molar-refractivity contribution >= 4 is 23.5 Å². The second-order valence-corrected chi connectivity index (χ2v) is 5.68. The van der Waals surface area contributed by atoms with Gasteiger partial charge in [0.05, 0.1) is 11.2 Å². The molecule has 0 aliphatic carbocycles. The van der Waals surface area contributed by atoms with Crippen LogP contribution in [0.25, 0.3) is 0 Å². The predicted octanol–water partition coefficient (Wildman–Crippen LogP) is 2.94. The number of alkyl halides is 3. The SMILES string of the molecule is CSC[C@](C)(O)CNC(=O)Nc1cccc(C(F)(F)F)c1. The van der Waals surface area contributed by atoms with E-state index in [0.717, 1.165) is 12.1 Å². The summed E-state index contributed by atoms with van der Waals surface area (Å²) in [6.45, 7) is 1.56. The number of anilines is 1. The van der Waals surface area contributed by atoms with Crippen LogP contribution in [0.1, 0.15) is 12.5 Å². The van der Waals surface area contributed by atoms with Gasteiger partial charge in [0.2, 0.25) is 0 Å². The Kier molecular flexibility index (Phi) is 5.91. The molecule has 0 bridgehead atoms. The van der Waals surface area contributed by atoms with Crippen LogP contribution >= 0.6 is 11.8 Å². The number of thioether (sulfide) groups is 1. The highest BCUT2D eigenvalue weighted by Crippen LogP contribution is 2.30. The Bertz CT molecular complexity index is 493. The third kappa shape index (κ3) is 6.26. The van der Waals surface area contributed by atoms with E-state index in [1.165, 1.54) is 23.9 Å². The van der Waals surface area contributed by atoms with Crippen molar-refractivity contribution in [3.8, 4) is 0 Å². The van der Waals surface area contributed by atoms with E-state index in [9.17, 15) is 23.1 Å². The summed E-state index contributed by atoms with van der Waals surface area (Å²) < 4.78 is 37.6. The van der Waals surface area contributed by atoms with Gasteiger partial charge in [0.1, 0.15) is 0 Å². The van der Waals surface area contributed by atoms with Crippen LogP contribution in [0.5, 0.6) is 0 Å². The van der Waals surface area contributed by atoms with Crippen molar-refractivity contribution in [2.75, 3.05) is 23.9 Å². The minimum atomic E-state index is -4.46. The summed E-state index contributed by atoms with van der Waals surface area (Å²) in [6, 6.07) is 3.67. The van der Waals surface area contributed by atoms with Gasteiger partial charge in [-0.05, 0) is 31.4 Å². The summed E-state index contributed by atoms with van der Waals surface area (Å²) in [5.41, 5.74) is -1.88. The molecule has 118 valence electrons. The van der Waals surface area contributed by atoms with Gasteiger partial charge in [-0.3, -0.25) is 0 Å². The maximum atomic E-state index is 12.5. The smallest absolute Gasteiger partial charge is 0.387 e. The highest BCUT2D eigenvalue weighted by Gasteiger charge is 2.30. The van der Waals surface area contributed by atoms with Crippen molar-refractivity contribution in [1.29, 1.82) is 0 Å². The zero-order valence-electron chi connectivity index (χ0n) is 11.6. The highest BCUT2D eigenvalue weighted by atomic mass is 32.2. The number of carbonyl (C=O) groups excluding carboxylic acids is 1. The van der Waals surface area contributed by atoms with Gasteiger partial charge in [0.25, 0.3) is 0 Å². The van der Waals surface area contributed by atoms with E-state index in [2.05, 4.69) is 10.6 Å². The third-order valence-corrected chi connectivity index (χ3v) is 3.44. The molecule has 8 heteroatoms. The lowest BCUT2D eigenvalue weighted by Crippen LogP contribution is -2.43. The van der Waals surface area contributed by atoms with Crippen LogP contribution in [0.3, 0.4) is 0 Å². The fraction of sp³-hybridized carbons (Fsp3) is 0.462. The van der Waals surface area contributed by atoms with Crippen LogP contribution in [0, 0.1) is 0 Å². The van der Waals surface area contributed by atoms with E-state index in [1.807, 2.05) is 6.26 Å². The van der Waals surface area contributed by atoms with Crippen LogP contribution in [-0.2, 0) is 6.18 Å². The maximum Gasteiger partial charge on any atom is 0.416 e. The molecule has 0 saturated heterocycles. The monoisotopic (exact) mass is 322 g/mol. The Morgan fingerprint density at radius 2 is 2.05 bits per heavy atom. The Balaban J connectivity index is 2.60. The molecule has 1 atom stereocenters. The number of aliphatic hydroxyl groups is 1. The molecule has 1 aromatic rings. The number of rotatable bonds is 5. The van der Waals surface area contributed by atoms with Crippen molar-refractivity contribution in [3.05, 3.63) is 29.8 Å². The largest absolute Gasteiger partial charge is 0.416 e. The van der Waals surface area contributed by atoms with E-state index in [-0.39, 0.29) is 12.2 Å². The Morgan fingerprint density at radius 1 is 1.38 bits per heavy atom. The molecule has 0 spiro atoms. The van der Waals surface area contributed by atoms with Gasteiger partial charge in [-0.1, -0.05) is 6.07 Å². The summed E-state index contributed by atoms with van der Waals surface area (Å²) in [7, 11) is 0. The number of halogens is 3. The average Bonchev–Trinajstić information content (AvgIpc) is 2.36. The standard InChI is InChI=1S/C13H17F3N2O2S/c1-12(20,8-21-2)7-17-11(19)18-10-5-3-4-9(6-10)13(14,15)16/h3-6,20H,7-8H2,1-2H3,(H2,17,18,19)/t12-/m1/s1. The van der Waals surface area contributed by atoms with Gasteiger partial charge in [0.15, 0.2) is 0 Å². The first-order valence-corrected chi connectivity index (χ1v) is 7.47. The lowest BCUT2D eigenvalue weighted by Gasteiger charge is -2.22. The van der Waals surface area contributed by atoms with Crippen molar-refractivity contribution < 1.29 is 23.1 Å². The van der Waals surface area contributed by atoms with Gasteiger partial charge in [-0.25, -0.2) is 4.79 Å². The third-order valence-electron chi connectivity index (χ3n) is 2.53. The first-order chi connectivity index (χ1) is 9.64. The molecular weight excluding hydrogens is 305 g/mol. The molecular formula is C13H17F3N2O2S. The van der Waals surface area contributed by atoms with E-state index in [4.69, 9.17) is 0 Å². The van der Waals surface area contributed by atoms with E-state index in [0.29, 0.717) is 5.75 Å². The van der Waals surface area contributed by atoms with E-state index < -0.39 is 23.4 Å². The van der Waals surface area contributed by atoms with Crippen LogP contribution in [0.4, 0.5) is 23.7 Å². The first-order valence-electron chi connectivity index (χ1n) is 6.07. The molecule has 0 aliphatic rings. The molecule has 0 aromatic heterocycles. The topological polar surface area (TPSA) is 61.4 Å². The molecule has 0 unspecified atom stereocenters. The quantitative estimate of drug-likeness (QED) is 0.781. The fourth-order valence-corrected chi connectivity index (χ4v) is 2.31. The number of nitrogens with one attached hydrogen (secondary N) is 2. The number of benzene rings is 1. The molecule has 0 radical (unpaired) electrons.